The van der Waals surface area contributed by atoms with E-state index in [1.54, 1.807) is 4.90 Å². The normalized spacial score (nSPS) is 19.6. The summed E-state index contributed by atoms with van der Waals surface area (Å²) >= 11 is 0. The molecule has 3 nitrogen and oxygen atoms in total. The first-order chi connectivity index (χ1) is 11.7. The lowest BCUT2D eigenvalue weighted by Crippen LogP contribution is -2.40. The molecular formula is C21H25NO2. The van der Waals surface area contributed by atoms with E-state index in [1.165, 1.54) is 0 Å². The lowest BCUT2D eigenvalue weighted by molar-refractivity contribution is -0.137. The number of carbonyl (C=O) groups excluding carboxylic acids is 1. The van der Waals surface area contributed by atoms with Crippen LogP contribution in [0.15, 0.2) is 54.6 Å². The highest BCUT2D eigenvalue weighted by molar-refractivity contribution is 6.06. The van der Waals surface area contributed by atoms with Gasteiger partial charge in [0.25, 0.3) is 5.91 Å². The molecular weight excluding hydrogens is 298 g/mol. The molecule has 1 aliphatic rings. The van der Waals surface area contributed by atoms with Gasteiger partial charge in [-0.15, -0.1) is 0 Å². The van der Waals surface area contributed by atoms with Gasteiger partial charge in [0, 0.05) is 5.56 Å². The van der Waals surface area contributed by atoms with Crippen LogP contribution in [0.4, 0.5) is 5.69 Å². The molecule has 1 heterocycles. The van der Waals surface area contributed by atoms with Gasteiger partial charge in [0.1, 0.15) is 0 Å². The molecule has 0 fully saturated rings. The topological polar surface area (TPSA) is 40.5 Å². The Morgan fingerprint density at radius 2 is 1.67 bits per heavy atom. The monoisotopic (exact) mass is 323 g/mol. The zero-order valence-electron chi connectivity index (χ0n) is 14.2. The minimum absolute atomic E-state index is 0.191. The van der Waals surface area contributed by atoms with Crippen LogP contribution in [0.1, 0.15) is 50.2 Å². The van der Waals surface area contributed by atoms with E-state index in [9.17, 15) is 9.90 Å². The number of amides is 1. The van der Waals surface area contributed by atoms with Crippen LogP contribution in [0.3, 0.4) is 0 Å². The van der Waals surface area contributed by atoms with Crippen LogP contribution in [0.2, 0.25) is 0 Å². The van der Waals surface area contributed by atoms with Crippen molar-refractivity contribution in [1.82, 2.24) is 0 Å². The zero-order valence-corrected chi connectivity index (χ0v) is 14.2. The van der Waals surface area contributed by atoms with Gasteiger partial charge in [-0.25, -0.2) is 0 Å². The van der Waals surface area contributed by atoms with Gasteiger partial charge in [-0.2, -0.15) is 0 Å². The lowest BCUT2D eigenvalue weighted by Gasteiger charge is -2.23. The number of para-hydroxylation sites is 1. The van der Waals surface area contributed by atoms with Crippen molar-refractivity contribution >= 4 is 11.6 Å². The molecule has 1 amide bonds. The quantitative estimate of drug-likeness (QED) is 0.768. The van der Waals surface area contributed by atoms with Gasteiger partial charge in [-0.3, -0.25) is 4.79 Å². The smallest absolute Gasteiger partial charge is 0.263 e. The molecule has 0 saturated heterocycles. The van der Waals surface area contributed by atoms with Crippen molar-refractivity contribution in [2.24, 2.45) is 0 Å². The molecule has 0 spiro atoms. The summed E-state index contributed by atoms with van der Waals surface area (Å²) in [6.07, 6.45) is 4.69. The molecule has 0 bridgehead atoms. The van der Waals surface area contributed by atoms with Crippen LogP contribution in [0, 0.1) is 0 Å². The number of fused-ring (bicyclic) bond motifs is 1. The van der Waals surface area contributed by atoms with Gasteiger partial charge in [0.05, 0.1) is 12.2 Å². The Hall–Kier alpha value is -2.13. The SMILES string of the molecule is CCCCCC[C@@]1(O)C(=O)N(Cc2ccccc2)c2ccccc21. The minimum Gasteiger partial charge on any atom is -0.375 e. The number of nitrogens with zero attached hydrogens (tertiary/aromatic N) is 1. The number of anilines is 1. The summed E-state index contributed by atoms with van der Waals surface area (Å²) in [6, 6.07) is 17.6. The maximum Gasteiger partial charge on any atom is 0.263 e. The van der Waals surface area contributed by atoms with Crippen molar-refractivity contribution in [1.29, 1.82) is 0 Å². The van der Waals surface area contributed by atoms with E-state index in [2.05, 4.69) is 6.92 Å². The molecule has 0 unspecified atom stereocenters. The third-order valence-corrected chi connectivity index (χ3v) is 4.82. The summed E-state index contributed by atoms with van der Waals surface area (Å²) in [6.45, 7) is 2.65. The summed E-state index contributed by atoms with van der Waals surface area (Å²) in [4.78, 5) is 14.8. The number of hydrogen-bond donors (Lipinski definition) is 1. The highest BCUT2D eigenvalue weighted by Gasteiger charge is 2.48. The average molecular weight is 323 g/mol. The van der Waals surface area contributed by atoms with E-state index in [-0.39, 0.29) is 5.91 Å². The van der Waals surface area contributed by atoms with E-state index in [0.29, 0.717) is 13.0 Å². The number of hydrogen-bond acceptors (Lipinski definition) is 2. The van der Waals surface area contributed by atoms with Crippen LogP contribution < -0.4 is 4.90 Å². The zero-order chi connectivity index (χ0) is 17.0. The Labute approximate surface area is 143 Å². The van der Waals surface area contributed by atoms with E-state index < -0.39 is 5.60 Å². The van der Waals surface area contributed by atoms with E-state index >= 15 is 0 Å². The minimum atomic E-state index is -1.38. The van der Waals surface area contributed by atoms with Crippen LogP contribution in [0.25, 0.3) is 0 Å². The summed E-state index contributed by atoms with van der Waals surface area (Å²) in [5, 5.41) is 11.2. The molecule has 0 aromatic heterocycles. The van der Waals surface area contributed by atoms with Gasteiger partial charge in [-0.05, 0) is 24.5 Å². The van der Waals surface area contributed by atoms with Crippen molar-refractivity contribution < 1.29 is 9.90 Å². The predicted molar refractivity (Wildman–Crippen MR) is 96.7 cm³/mol. The molecule has 2 aromatic carbocycles. The second-order valence-corrected chi connectivity index (χ2v) is 6.56. The van der Waals surface area contributed by atoms with Crippen molar-refractivity contribution in [2.75, 3.05) is 4.90 Å². The van der Waals surface area contributed by atoms with Crippen LogP contribution in [-0.2, 0) is 16.9 Å². The Kier molecular flexibility index (Phi) is 5.00. The second kappa shape index (κ2) is 7.18. The fourth-order valence-electron chi connectivity index (χ4n) is 3.48. The van der Waals surface area contributed by atoms with Crippen LogP contribution >= 0.6 is 0 Å². The number of rotatable bonds is 7. The Balaban J connectivity index is 1.86. The molecule has 3 heteroatoms. The Morgan fingerprint density at radius 3 is 2.42 bits per heavy atom. The third kappa shape index (κ3) is 3.09. The molecule has 1 atom stereocenters. The molecule has 0 saturated carbocycles. The van der Waals surface area contributed by atoms with Gasteiger partial charge < -0.3 is 10.0 Å². The molecule has 1 N–H and O–H groups in total. The molecule has 24 heavy (non-hydrogen) atoms. The maximum atomic E-state index is 13.0. The highest BCUT2D eigenvalue weighted by Crippen LogP contribution is 2.43. The third-order valence-electron chi connectivity index (χ3n) is 4.82. The molecule has 3 rings (SSSR count). The fourth-order valence-corrected chi connectivity index (χ4v) is 3.48. The number of unbranched alkanes of at least 4 members (excludes halogenated alkanes) is 3. The molecule has 2 aromatic rings. The highest BCUT2D eigenvalue weighted by atomic mass is 16.3. The van der Waals surface area contributed by atoms with Gasteiger partial charge in [-0.1, -0.05) is 74.7 Å². The van der Waals surface area contributed by atoms with E-state index in [1.807, 2.05) is 54.6 Å². The first-order valence-corrected chi connectivity index (χ1v) is 8.84. The van der Waals surface area contributed by atoms with E-state index in [0.717, 1.165) is 42.5 Å². The van der Waals surface area contributed by atoms with Gasteiger partial charge in [0.15, 0.2) is 5.60 Å². The van der Waals surface area contributed by atoms with Crippen molar-refractivity contribution in [3.05, 3.63) is 65.7 Å². The summed E-state index contributed by atoms with van der Waals surface area (Å²) < 4.78 is 0. The van der Waals surface area contributed by atoms with Gasteiger partial charge >= 0.3 is 0 Å². The Bertz CT molecular complexity index is 698. The average Bonchev–Trinajstić information content (AvgIpc) is 2.82. The summed E-state index contributed by atoms with van der Waals surface area (Å²) in [5.41, 5.74) is 1.28. The largest absolute Gasteiger partial charge is 0.375 e. The maximum absolute atomic E-state index is 13.0. The predicted octanol–water partition coefficient (Wildman–Crippen LogP) is 4.39. The molecule has 126 valence electrons. The van der Waals surface area contributed by atoms with Crippen molar-refractivity contribution in [2.45, 2.75) is 51.2 Å². The fraction of sp³-hybridized carbons (Fsp3) is 0.381. The van der Waals surface area contributed by atoms with E-state index in [4.69, 9.17) is 0 Å². The van der Waals surface area contributed by atoms with Gasteiger partial charge in [0.2, 0.25) is 0 Å². The number of benzene rings is 2. The first kappa shape index (κ1) is 16.7. The lowest BCUT2D eigenvalue weighted by atomic mass is 9.89. The molecule has 0 aliphatic carbocycles. The second-order valence-electron chi connectivity index (χ2n) is 6.56. The number of aliphatic hydroxyl groups is 1. The van der Waals surface area contributed by atoms with Crippen LogP contribution in [-0.4, -0.2) is 11.0 Å². The first-order valence-electron chi connectivity index (χ1n) is 8.84. The summed E-state index contributed by atoms with van der Waals surface area (Å²) in [7, 11) is 0. The standard InChI is InChI=1S/C21H25NO2/c1-2-3-4-10-15-21(24)18-13-8-9-14-19(18)22(20(21)23)16-17-11-6-5-7-12-17/h5-9,11-14,24H,2-4,10,15-16H2,1H3/t21-/m0/s1. The molecule has 1 aliphatic heterocycles. The number of carbonyl (C=O) groups is 1. The van der Waals surface area contributed by atoms with Crippen LogP contribution in [0.5, 0.6) is 0 Å². The molecule has 0 radical (unpaired) electrons. The van der Waals surface area contributed by atoms with Crippen molar-refractivity contribution in [3.63, 3.8) is 0 Å². The van der Waals surface area contributed by atoms with Crippen molar-refractivity contribution in [3.8, 4) is 0 Å². The summed E-state index contributed by atoms with van der Waals surface area (Å²) in [5.74, 6) is -0.191. The Morgan fingerprint density at radius 1 is 0.958 bits per heavy atom.